The Balaban J connectivity index is 0.00000182. The quantitative estimate of drug-likeness (QED) is 0.386. The van der Waals surface area contributed by atoms with Gasteiger partial charge < -0.3 is 15.0 Å². The molecule has 25 heavy (non-hydrogen) atoms. The summed E-state index contributed by atoms with van der Waals surface area (Å²) in [7, 11) is 0. The Bertz CT molecular complexity index is 765. The number of aliphatic hydroxyl groups excluding tert-OH is 1. The van der Waals surface area contributed by atoms with Crippen LogP contribution in [-0.2, 0) is 6.54 Å². The molecule has 2 bridgehead atoms. The molecule has 4 nitrogen and oxygen atoms in total. The third-order valence-electron chi connectivity index (χ3n) is 6.03. The van der Waals surface area contributed by atoms with Crippen molar-refractivity contribution in [2.24, 2.45) is 11.3 Å². The molecule has 1 aromatic heterocycles. The largest absolute Gasteiger partial charge is 0.408 e. The van der Waals surface area contributed by atoms with Crippen LogP contribution in [0.4, 0.5) is 0 Å². The zero-order chi connectivity index (χ0) is 16.7. The second-order valence-corrected chi connectivity index (χ2v) is 8.17. The van der Waals surface area contributed by atoms with Gasteiger partial charge in [0.15, 0.2) is 5.91 Å². The molecule has 2 fully saturated rings. The number of carbonyl (C=O) groups excluding carboxylic acids is 1. The second-order valence-electron chi connectivity index (χ2n) is 7.61. The van der Waals surface area contributed by atoms with E-state index in [9.17, 15) is 9.90 Å². The van der Waals surface area contributed by atoms with E-state index in [0.717, 1.165) is 23.0 Å². The smallest absolute Gasteiger partial charge is 0.197 e. The molecule has 6 heteroatoms. The fourth-order valence-corrected chi connectivity index (χ4v) is 4.95. The first kappa shape index (κ1) is 17.6. The van der Waals surface area contributed by atoms with E-state index in [-0.39, 0.29) is 17.9 Å². The molecule has 2 N–H and O–H groups in total. The van der Waals surface area contributed by atoms with Crippen molar-refractivity contribution >= 4 is 29.7 Å². The van der Waals surface area contributed by atoms with Crippen molar-refractivity contribution in [2.45, 2.75) is 50.4 Å². The number of rotatable bonds is 5. The summed E-state index contributed by atoms with van der Waals surface area (Å²) in [5, 5.41) is 14.1. The minimum Gasteiger partial charge on any atom is -0.408 e. The number of nitrogens with zero attached hydrogens (tertiary/aromatic N) is 1. The molecular formula is C19H24BhClN2O2-. The van der Waals surface area contributed by atoms with Crippen molar-refractivity contribution in [2.75, 3.05) is 13.2 Å². The number of fused-ring (bicyclic) bond motifs is 3. The molecule has 1 aromatic rings. The van der Waals surface area contributed by atoms with Gasteiger partial charge >= 0.3 is 0 Å². The van der Waals surface area contributed by atoms with Crippen LogP contribution < -0.4 is 15.9 Å². The number of aromatic nitrogens is 1. The number of hydrogen-bond donors (Lipinski definition) is 2. The molecule has 3 aliphatic carbocycles. The molecule has 1 amide bonds. The zero-order valence-electron chi connectivity index (χ0n) is 14.6. The minimum atomic E-state index is -0.103. The molecule has 0 aliphatic heterocycles. The molecule has 3 aliphatic rings. The average Bonchev–Trinajstić information content (AvgIpc) is 3.27. The first-order chi connectivity index (χ1) is 11.6. The molecule has 1 heterocycles. The second kappa shape index (κ2) is 6.57. The van der Waals surface area contributed by atoms with E-state index in [1.807, 2.05) is 16.8 Å². The fourth-order valence-electron chi connectivity index (χ4n) is 4.75. The predicted molar refractivity (Wildman–Crippen MR) is 94.2 cm³/mol. The van der Waals surface area contributed by atoms with Gasteiger partial charge in [0.25, 0.3) is 0 Å². The van der Waals surface area contributed by atoms with Crippen LogP contribution >= 0.6 is 11.6 Å². The summed E-state index contributed by atoms with van der Waals surface area (Å²) in [6.07, 6.45) is 14.1. The number of amides is 1. The van der Waals surface area contributed by atoms with Crippen LogP contribution in [0.15, 0.2) is 6.20 Å². The Morgan fingerprint density at radius 3 is 2.84 bits per heavy atom. The molecular weight excluding hydrogens is 594 g/mol. The third-order valence-corrected chi connectivity index (χ3v) is 6.31. The topological polar surface area (TPSA) is 54.3 Å². The Labute approximate surface area is 147 Å². The molecule has 0 saturated heterocycles. The van der Waals surface area contributed by atoms with Gasteiger partial charge in [-0.25, -0.2) is 0 Å². The van der Waals surface area contributed by atoms with E-state index in [2.05, 4.69) is 11.4 Å². The van der Waals surface area contributed by atoms with Gasteiger partial charge in [-0.15, -0.1) is 11.6 Å². The molecule has 1 atom stereocenters. The number of aliphatic hydroxyl groups is 1. The van der Waals surface area contributed by atoms with Gasteiger partial charge in [-0.1, -0.05) is 24.0 Å². The van der Waals surface area contributed by atoms with Crippen LogP contribution in [0.1, 0.15) is 48.9 Å². The molecule has 1 unspecified atom stereocenters. The van der Waals surface area contributed by atoms with Gasteiger partial charge in [0.1, 0.15) is 0 Å². The summed E-state index contributed by atoms with van der Waals surface area (Å²) in [5.41, 5.74) is 0.997. The first-order valence-electron chi connectivity index (χ1n) is 8.95. The monoisotopic (exact) mass is 617 g/mol. The van der Waals surface area contributed by atoms with E-state index in [4.69, 9.17) is 11.6 Å². The van der Waals surface area contributed by atoms with Crippen molar-refractivity contribution in [1.29, 1.82) is 0 Å². The van der Waals surface area contributed by atoms with E-state index in [0.29, 0.717) is 23.9 Å². The van der Waals surface area contributed by atoms with Crippen molar-refractivity contribution in [1.82, 2.24) is 9.88 Å². The molecule has 4 rings (SSSR count). The average molecular weight is 618 g/mol. The van der Waals surface area contributed by atoms with Crippen molar-refractivity contribution < 1.29 is 9.90 Å². The van der Waals surface area contributed by atoms with Crippen molar-refractivity contribution in [3.05, 3.63) is 22.3 Å². The minimum absolute atomic E-state index is 0. The van der Waals surface area contributed by atoms with Crippen LogP contribution in [0.25, 0.3) is 12.2 Å². The number of carbonyl (C=O) groups is 1. The van der Waals surface area contributed by atoms with Crippen LogP contribution in [0.3, 0.4) is 0 Å². The van der Waals surface area contributed by atoms with Gasteiger partial charge in [-0.3, -0.25) is 4.79 Å². The first-order valence-corrected chi connectivity index (χ1v) is 9.39. The SMILES string of the molecule is O=C(NCC12CCC(CC1)C2)c1cn(CCO)c2c1=[C-]CC(Cl)C=2.[Bh]. The number of alkyl halides is 1. The maximum Gasteiger partial charge on any atom is 0.197 e. The van der Waals surface area contributed by atoms with Gasteiger partial charge in [-0.2, -0.15) is 11.3 Å². The van der Waals surface area contributed by atoms with E-state index in [1.165, 1.54) is 32.1 Å². The Morgan fingerprint density at radius 1 is 1.44 bits per heavy atom. The molecule has 2 saturated carbocycles. The van der Waals surface area contributed by atoms with Crippen LogP contribution in [0, 0.1) is 11.3 Å². The Hall–Kier alpha value is -2.26. The number of halogens is 1. The summed E-state index contributed by atoms with van der Waals surface area (Å²) in [4.78, 5) is 12.8. The van der Waals surface area contributed by atoms with Crippen molar-refractivity contribution in [3.8, 4) is 0 Å². The maximum atomic E-state index is 12.8. The van der Waals surface area contributed by atoms with Crippen LogP contribution in [-0.4, -0.2) is 34.1 Å². The normalized spacial score (nSPS) is 29.4. The van der Waals surface area contributed by atoms with Crippen LogP contribution in [0.5, 0.6) is 0 Å². The van der Waals surface area contributed by atoms with Gasteiger partial charge in [0.2, 0.25) is 0 Å². The van der Waals surface area contributed by atoms with Gasteiger partial charge in [-0.05, 0) is 49.0 Å². The van der Waals surface area contributed by atoms with E-state index in [1.54, 1.807) is 0 Å². The molecule has 132 valence electrons. The molecule has 0 spiro atoms. The number of hydrogen-bond acceptors (Lipinski definition) is 2. The van der Waals surface area contributed by atoms with E-state index >= 15 is 0 Å². The summed E-state index contributed by atoms with van der Waals surface area (Å²) in [6.45, 7) is 1.28. The third kappa shape index (κ3) is 3.05. The van der Waals surface area contributed by atoms with Gasteiger partial charge in [0.05, 0.1) is 6.61 Å². The summed E-state index contributed by atoms with van der Waals surface area (Å²) >= 11 is 6.20. The van der Waals surface area contributed by atoms with Crippen molar-refractivity contribution in [3.63, 3.8) is 0 Å². The van der Waals surface area contributed by atoms with E-state index < -0.39 is 0 Å². The number of nitrogens with one attached hydrogen (secondary N) is 1. The Kier molecular flexibility index (Phi) is 4.61. The van der Waals surface area contributed by atoms with Gasteiger partial charge in [0, 0.05) is 18.5 Å². The summed E-state index contributed by atoms with van der Waals surface area (Å²) < 4.78 is 1.91. The summed E-state index contributed by atoms with van der Waals surface area (Å²) in [6, 6.07) is 0. The summed E-state index contributed by atoms with van der Waals surface area (Å²) in [5.74, 6) is 0.860. The zero-order valence-corrected chi connectivity index (χ0v) is 21.8. The Morgan fingerprint density at radius 2 is 2.20 bits per heavy atom. The molecule has 0 radical (unpaired) electrons. The fraction of sp³-hybridized carbons (Fsp3) is 0.632. The standard InChI is InChI=1S/C19H24ClN2O2.Bh/c20-14-1-2-15-16(11-22(7-8-23)17(15)9-14)18(24)21-12-19-5-3-13(10-19)4-6-19;/h9,11,13-14,23H,1,3-8,10,12H2,(H,21,24);/q-1;. The molecule has 0 aromatic carbocycles. The maximum absolute atomic E-state index is 12.8. The van der Waals surface area contributed by atoms with Crippen LogP contribution in [0.2, 0.25) is 0 Å². The predicted octanol–water partition coefficient (Wildman–Crippen LogP) is 1.24.